The third-order valence-corrected chi connectivity index (χ3v) is 4.56. The number of benzene rings is 1. The lowest BCUT2D eigenvalue weighted by Crippen LogP contribution is -2.40. The molecule has 1 unspecified atom stereocenters. The van der Waals surface area contributed by atoms with Crippen LogP contribution in [0.5, 0.6) is 0 Å². The van der Waals surface area contributed by atoms with Gasteiger partial charge in [0.2, 0.25) is 5.91 Å². The number of hydrogen-bond donors (Lipinski definition) is 2. The van der Waals surface area contributed by atoms with E-state index in [1.54, 1.807) is 24.3 Å². The van der Waals surface area contributed by atoms with Crippen LogP contribution in [0.4, 0.5) is 4.79 Å². The molecule has 24 heavy (non-hydrogen) atoms. The van der Waals surface area contributed by atoms with Crippen LogP contribution in [0.1, 0.15) is 28.8 Å². The molecule has 0 bridgehead atoms. The second-order valence-electron chi connectivity index (χ2n) is 6.19. The first-order chi connectivity index (χ1) is 11.6. The maximum atomic E-state index is 12.7. The number of hydrogen-bond acceptors (Lipinski definition) is 4. The molecule has 7 heteroatoms. The maximum Gasteiger partial charge on any atom is 0.324 e. The van der Waals surface area contributed by atoms with E-state index < -0.39 is 0 Å². The monoisotopic (exact) mass is 330 g/mol. The molecule has 0 spiro atoms. The highest BCUT2D eigenvalue weighted by molar-refractivity contribution is 6.01. The average Bonchev–Trinajstić information content (AvgIpc) is 3.17. The fraction of sp³-hybridized carbons (Fsp3) is 0.471. The molecule has 3 rings (SSSR count). The maximum absolute atomic E-state index is 12.7. The first kappa shape index (κ1) is 16.4. The average molecular weight is 330 g/mol. The highest BCUT2D eigenvalue weighted by Gasteiger charge is 2.30. The number of rotatable bonds is 5. The smallest absolute Gasteiger partial charge is 0.324 e. The quantitative estimate of drug-likeness (QED) is 0.773. The number of imide groups is 1. The Morgan fingerprint density at radius 1 is 1.29 bits per heavy atom. The summed E-state index contributed by atoms with van der Waals surface area (Å²) >= 11 is 0. The summed E-state index contributed by atoms with van der Waals surface area (Å²) in [7, 11) is 1.89. The molecular weight excluding hydrogens is 308 g/mol. The molecule has 2 heterocycles. The van der Waals surface area contributed by atoms with Crippen molar-refractivity contribution in [2.75, 3.05) is 26.7 Å². The van der Waals surface area contributed by atoms with Crippen molar-refractivity contribution in [3.63, 3.8) is 0 Å². The van der Waals surface area contributed by atoms with E-state index in [1.165, 1.54) is 4.90 Å². The normalized spacial score (nSPS) is 20.6. The van der Waals surface area contributed by atoms with Crippen LogP contribution in [0.3, 0.4) is 0 Å². The zero-order chi connectivity index (χ0) is 17.1. The minimum absolute atomic E-state index is 0.0364. The van der Waals surface area contributed by atoms with Gasteiger partial charge in [-0.3, -0.25) is 14.5 Å². The SMILES string of the molecule is CNCC1CCCN1C(=O)c1ccc(CN2C(=O)CNC2=O)cc1. The summed E-state index contributed by atoms with van der Waals surface area (Å²) in [6, 6.07) is 7.01. The summed E-state index contributed by atoms with van der Waals surface area (Å²) in [5, 5.41) is 5.63. The fourth-order valence-electron chi connectivity index (χ4n) is 3.27. The standard InChI is InChI=1S/C17H22N4O3/c1-18-9-14-3-2-8-20(14)16(23)13-6-4-12(5-7-13)11-21-15(22)10-19-17(21)24/h4-7,14,18H,2-3,8-11H2,1H3,(H,19,24). The lowest BCUT2D eigenvalue weighted by Gasteiger charge is -2.24. The molecule has 2 fully saturated rings. The van der Waals surface area contributed by atoms with Gasteiger partial charge in [-0.25, -0.2) is 4.79 Å². The number of nitrogens with one attached hydrogen (secondary N) is 2. The van der Waals surface area contributed by atoms with Crippen molar-refractivity contribution in [2.24, 2.45) is 0 Å². The number of likely N-dealkylation sites (N-methyl/N-ethyl adjacent to an activating group) is 1. The van der Waals surface area contributed by atoms with Gasteiger partial charge in [0.15, 0.2) is 0 Å². The second kappa shape index (κ2) is 7.00. The van der Waals surface area contributed by atoms with E-state index in [-0.39, 0.29) is 37.0 Å². The third kappa shape index (κ3) is 3.26. The molecule has 2 saturated heterocycles. The number of carbonyl (C=O) groups excluding carboxylic acids is 3. The van der Waals surface area contributed by atoms with Crippen molar-refractivity contribution in [1.29, 1.82) is 0 Å². The summed E-state index contributed by atoms with van der Waals surface area (Å²) in [4.78, 5) is 38.9. The van der Waals surface area contributed by atoms with Crippen LogP contribution in [0.2, 0.25) is 0 Å². The van der Waals surface area contributed by atoms with Gasteiger partial charge in [0.05, 0.1) is 13.1 Å². The van der Waals surface area contributed by atoms with Crippen molar-refractivity contribution in [3.05, 3.63) is 35.4 Å². The second-order valence-corrected chi connectivity index (χ2v) is 6.19. The van der Waals surface area contributed by atoms with Crippen molar-refractivity contribution in [3.8, 4) is 0 Å². The Morgan fingerprint density at radius 2 is 2.04 bits per heavy atom. The van der Waals surface area contributed by atoms with Gasteiger partial charge in [-0.15, -0.1) is 0 Å². The van der Waals surface area contributed by atoms with Crippen LogP contribution in [-0.2, 0) is 11.3 Å². The van der Waals surface area contributed by atoms with E-state index in [1.807, 2.05) is 11.9 Å². The molecule has 128 valence electrons. The lowest BCUT2D eigenvalue weighted by atomic mass is 10.1. The summed E-state index contributed by atoms with van der Waals surface area (Å²) < 4.78 is 0. The Labute approximate surface area is 141 Å². The van der Waals surface area contributed by atoms with Gasteiger partial charge in [0.25, 0.3) is 5.91 Å². The Hall–Kier alpha value is -2.41. The lowest BCUT2D eigenvalue weighted by molar-refractivity contribution is -0.125. The van der Waals surface area contributed by atoms with Crippen molar-refractivity contribution >= 4 is 17.8 Å². The van der Waals surface area contributed by atoms with Crippen molar-refractivity contribution < 1.29 is 14.4 Å². The van der Waals surface area contributed by atoms with Gasteiger partial charge in [0, 0.05) is 24.7 Å². The number of amides is 4. The van der Waals surface area contributed by atoms with Gasteiger partial charge < -0.3 is 15.5 Å². The Bertz CT molecular complexity index is 628. The number of carbonyl (C=O) groups is 3. The Kier molecular flexibility index (Phi) is 4.80. The van der Waals surface area contributed by atoms with Gasteiger partial charge in [-0.1, -0.05) is 12.1 Å². The van der Waals surface area contributed by atoms with Crippen LogP contribution in [0.25, 0.3) is 0 Å². The first-order valence-corrected chi connectivity index (χ1v) is 8.23. The molecule has 1 aromatic carbocycles. The molecule has 4 amide bonds. The Balaban J connectivity index is 1.67. The van der Waals surface area contributed by atoms with Gasteiger partial charge >= 0.3 is 6.03 Å². The van der Waals surface area contributed by atoms with E-state index in [4.69, 9.17) is 0 Å². The number of likely N-dealkylation sites (tertiary alicyclic amines) is 1. The van der Waals surface area contributed by atoms with Gasteiger partial charge in [-0.2, -0.15) is 0 Å². The zero-order valence-corrected chi connectivity index (χ0v) is 13.7. The largest absolute Gasteiger partial charge is 0.334 e. The van der Waals surface area contributed by atoms with Gasteiger partial charge in [0.1, 0.15) is 0 Å². The summed E-state index contributed by atoms with van der Waals surface area (Å²) in [6.45, 7) is 1.87. The van der Waals surface area contributed by atoms with Crippen molar-refractivity contribution in [2.45, 2.75) is 25.4 Å². The topological polar surface area (TPSA) is 81.8 Å². The predicted molar refractivity (Wildman–Crippen MR) is 88.4 cm³/mol. The molecule has 0 aromatic heterocycles. The fourth-order valence-corrected chi connectivity index (χ4v) is 3.27. The molecule has 7 nitrogen and oxygen atoms in total. The van der Waals surface area contributed by atoms with Gasteiger partial charge in [-0.05, 0) is 37.6 Å². The van der Waals surface area contributed by atoms with Crippen LogP contribution >= 0.6 is 0 Å². The number of nitrogens with zero attached hydrogens (tertiary/aromatic N) is 2. The van der Waals surface area contributed by atoms with E-state index in [0.717, 1.165) is 31.5 Å². The molecule has 1 aromatic rings. The zero-order valence-electron chi connectivity index (χ0n) is 13.7. The van der Waals surface area contributed by atoms with Crippen molar-refractivity contribution in [1.82, 2.24) is 20.4 Å². The van der Waals surface area contributed by atoms with E-state index in [2.05, 4.69) is 10.6 Å². The molecule has 0 radical (unpaired) electrons. The van der Waals surface area contributed by atoms with E-state index in [9.17, 15) is 14.4 Å². The molecule has 2 aliphatic rings. The van der Waals surface area contributed by atoms with Crippen LogP contribution < -0.4 is 10.6 Å². The van der Waals surface area contributed by atoms with E-state index in [0.29, 0.717) is 5.56 Å². The summed E-state index contributed by atoms with van der Waals surface area (Å²) in [5.74, 6) is -0.193. The molecule has 0 saturated carbocycles. The highest BCUT2D eigenvalue weighted by atomic mass is 16.2. The van der Waals surface area contributed by atoms with Crippen LogP contribution in [-0.4, -0.2) is 60.4 Å². The summed E-state index contributed by atoms with van der Waals surface area (Å²) in [6.07, 6.45) is 2.05. The van der Waals surface area contributed by atoms with Crippen LogP contribution in [0, 0.1) is 0 Å². The minimum Gasteiger partial charge on any atom is -0.334 e. The third-order valence-electron chi connectivity index (χ3n) is 4.56. The Morgan fingerprint density at radius 3 is 2.67 bits per heavy atom. The minimum atomic E-state index is -0.368. The molecule has 2 aliphatic heterocycles. The summed E-state index contributed by atoms with van der Waals surface area (Å²) in [5.41, 5.74) is 1.46. The molecular formula is C17H22N4O3. The molecule has 2 N–H and O–H groups in total. The van der Waals surface area contributed by atoms with Crippen LogP contribution in [0.15, 0.2) is 24.3 Å². The first-order valence-electron chi connectivity index (χ1n) is 8.23. The number of urea groups is 1. The van der Waals surface area contributed by atoms with E-state index >= 15 is 0 Å². The molecule has 1 atom stereocenters. The predicted octanol–water partition coefficient (Wildman–Crippen LogP) is 0.562. The highest BCUT2D eigenvalue weighted by Crippen LogP contribution is 2.20. The molecule has 0 aliphatic carbocycles.